The molecule has 0 saturated heterocycles. The zero-order valence-corrected chi connectivity index (χ0v) is 17.0. The van der Waals surface area contributed by atoms with Crippen LogP contribution in [0.5, 0.6) is 0 Å². The van der Waals surface area contributed by atoms with Crippen molar-refractivity contribution in [1.29, 1.82) is 0 Å². The predicted octanol–water partition coefficient (Wildman–Crippen LogP) is 3.48. The van der Waals surface area contributed by atoms with Gasteiger partial charge in [-0.2, -0.15) is 0 Å². The molecule has 1 amide bonds. The first-order valence-electron chi connectivity index (χ1n) is 9.54. The van der Waals surface area contributed by atoms with Gasteiger partial charge in [0.1, 0.15) is 5.82 Å². The van der Waals surface area contributed by atoms with Crippen LogP contribution in [0.15, 0.2) is 41.2 Å². The van der Waals surface area contributed by atoms with Gasteiger partial charge in [-0.3, -0.25) is 14.2 Å². The first-order chi connectivity index (χ1) is 13.2. The molecule has 0 unspecified atom stereocenters. The second-order valence-corrected chi connectivity index (χ2v) is 8.46. The third-order valence-corrected chi connectivity index (χ3v) is 5.77. The van der Waals surface area contributed by atoms with E-state index in [-0.39, 0.29) is 16.9 Å². The number of nitrogens with zero attached hydrogens (tertiary/aromatic N) is 3. The molecular formula is C23H25N3O2. The smallest absolute Gasteiger partial charge is 0.261 e. The number of carbonyl (C=O) groups excluding carboxylic acids is 1. The summed E-state index contributed by atoms with van der Waals surface area (Å²) in [7, 11) is 1.70. The Kier molecular flexibility index (Phi) is 4.14. The summed E-state index contributed by atoms with van der Waals surface area (Å²) in [6, 6.07) is 11.7. The van der Waals surface area contributed by atoms with Crippen LogP contribution in [0, 0.1) is 13.8 Å². The second-order valence-electron chi connectivity index (χ2n) is 8.46. The lowest BCUT2D eigenvalue weighted by molar-refractivity contribution is 0.0686. The highest BCUT2D eigenvalue weighted by atomic mass is 16.2. The van der Waals surface area contributed by atoms with E-state index in [1.165, 1.54) is 21.3 Å². The quantitative estimate of drug-likeness (QED) is 0.654. The number of hydrogen-bond donors (Lipinski definition) is 0. The highest BCUT2D eigenvalue weighted by Gasteiger charge is 2.34. The summed E-state index contributed by atoms with van der Waals surface area (Å²) < 4.78 is 1.51. The van der Waals surface area contributed by atoms with Gasteiger partial charge in [-0.25, -0.2) is 4.98 Å². The molecule has 0 radical (unpaired) electrons. The first-order valence-corrected chi connectivity index (χ1v) is 9.54. The summed E-state index contributed by atoms with van der Waals surface area (Å²) in [6.45, 7) is 9.44. The number of carbonyl (C=O) groups is 1. The molecule has 144 valence electrons. The van der Waals surface area contributed by atoms with Crippen LogP contribution >= 0.6 is 0 Å². The van der Waals surface area contributed by atoms with E-state index in [4.69, 9.17) is 0 Å². The Morgan fingerprint density at radius 1 is 1.11 bits per heavy atom. The van der Waals surface area contributed by atoms with Crippen molar-refractivity contribution in [2.24, 2.45) is 7.05 Å². The van der Waals surface area contributed by atoms with Gasteiger partial charge in [-0.1, -0.05) is 37.6 Å². The summed E-state index contributed by atoms with van der Waals surface area (Å²) >= 11 is 0. The summed E-state index contributed by atoms with van der Waals surface area (Å²) in [4.78, 5) is 32.2. The van der Waals surface area contributed by atoms with Crippen molar-refractivity contribution >= 4 is 16.8 Å². The highest BCUT2D eigenvalue weighted by Crippen LogP contribution is 2.34. The van der Waals surface area contributed by atoms with E-state index in [9.17, 15) is 9.59 Å². The summed E-state index contributed by atoms with van der Waals surface area (Å²) in [5.74, 6) is 0.603. The van der Waals surface area contributed by atoms with Crippen molar-refractivity contribution in [3.63, 3.8) is 0 Å². The number of fused-ring (bicyclic) bond motifs is 2. The maximum absolute atomic E-state index is 13.3. The van der Waals surface area contributed by atoms with E-state index in [1.807, 2.05) is 4.90 Å². The molecule has 2 aromatic carbocycles. The van der Waals surface area contributed by atoms with Gasteiger partial charge in [0, 0.05) is 31.1 Å². The molecule has 1 aromatic heterocycles. The molecule has 0 bridgehead atoms. The van der Waals surface area contributed by atoms with E-state index in [0.29, 0.717) is 35.4 Å². The van der Waals surface area contributed by atoms with Crippen LogP contribution < -0.4 is 5.56 Å². The molecule has 3 aromatic rings. The molecule has 28 heavy (non-hydrogen) atoms. The van der Waals surface area contributed by atoms with Gasteiger partial charge < -0.3 is 4.90 Å². The van der Waals surface area contributed by atoms with Crippen molar-refractivity contribution in [3.05, 3.63) is 74.8 Å². The molecule has 4 rings (SSSR count). The second kappa shape index (κ2) is 6.30. The summed E-state index contributed by atoms with van der Waals surface area (Å²) in [5.41, 5.74) is 4.59. The lowest BCUT2D eigenvalue weighted by Crippen LogP contribution is -2.45. The fourth-order valence-corrected chi connectivity index (χ4v) is 4.18. The number of benzene rings is 2. The number of aromatic nitrogens is 2. The molecule has 1 aliphatic heterocycles. The maximum atomic E-state index is 13.3. The monoisotopic (exact) mass is 375 g/mol. The SMILES string of the molecule is Cc1ccc2c(c1)CN(C(=O)c1ccc3nc(C)n(C)c(=O)c3c1)CC2(C)C. The molecule has 0 N–H and O–H groups in total. The van der Waals surface area contributed by atoms with Crippen molar-refractivity contribution in [2.75, 3.05) is 6.54 Å². The number of aryl methyl sites for hydroxylation is 2. The van der Waals surface area contributed by atoms with Gasteiger partial charge in [0.2, 0.25) is 0 Å². The van der Waals surface area contributed by atoms with Crippen LogP contribution in [0.1, 0.15) is 46.7 Å². The standard InChI is InChI=1S/C23H25N3O2/c1-14-6-8-19-17(10-14)12-26(13-23(19,3)4)21(27)16-7-9-20-18(11-16)22(28)25(5)15(2)24-20/h6-11H,12-13H2,1-5H3. The number of hydrogen-bond acceptors (Lipinski definition) is 3. The van der Waals surface area contributed by atoms with E-state index in [1.54, 1.807) is 32.2 Å². The molecule has 0 saturated carbocycles. The zero-order chi connectivity index (χ0) is 20.2. The molecular weight excluding hydrogens is 350 g/mol. The van der Waals surface area contributed by atoms with Gasteiger partial charge in [0.05, 0.1) is 10.9 Å². The molecule has 1 aliphatic rings. The Morgan fingerprint density at radius 3 is 2.61 bits per heavy atom. The first kappa shape index (κ1) is 18.4. The summed E-state index contributed by atoms with van der Waals surface area (Å²) in [5, 5.41) is 0.478. The molecule has 0 atom stereocenters. The van der Waals surface area contributed by atoms with Crippen LogP contribution in [0.2, 0.25) is 0 Å². The van der Waals surface area contributed by atoms with E-state index in [0.717, 1.165) is 0 Å². The normalized spacial score (nSPS) is 15.5. The van der Waals surface area contributed by atoms with Crippen molar-refractivity contribution in [2.45, 2.75) is 39.7 Å². The summed E-state index contributed by atoms with van der Waals surface area (Å²) in [6.07, 6.45) is 0. The largest absolute Gasteiger partial charge is 0.333 e. The molecule has 5 nitrogen and oxygen atoms in total. The molecule has 0 fully saturated rings. The van der Waals surface area contributed by atoms with E-state index < -0.39 is 0 Å². The third-order valence-electron chi connectivity index (χ3n) is 5.77. The average molecular weight is 375 g/mol. The van der Waals surface area contributed by atoms with Gasteiger partial charge >= 0.3 is 0 Å². The Labute approximate surface area is 164 Å². The van der Waals surface area contributed by atoms with Crippen LogP contribution in [0.3, 0.4) is 0 Å². The third kappa shape index (κ3) is 2.91. The topological polar surface area (TPSA) is 55.2 Å². The van der Waals surface area contributed by atoms with Crippen molar-refractivity contribution in [3.8, 4) is 0 Å². The van der Waals surface area contributed by atoms with Crippen LogP contribution in [0.25, 0.3) is 10.9 Å². The molecule has 2 heterocycles. The lowest BCUT2D eigenvalue weighted by Gasteiger charge is -2.40. The van der Waals surface area contributed by atoms with Gasteiger partial charge in [0.15, 0.2) is 0 Å². The van der Waals surface area contributed by atoms with Gasteiger partial charge in [-0.15, -0.1) is 0 Å². The Morgan fingerprint density at radius 2 is 1.86 bits per heavy atom. The molecule has 0 aliphatic carbocycles. The minimum atomic E-state index is -0.128. The van der Waals surface area contributed by atoms with E-state index in [2.05, 4.69) is 44.0 Å². The van der Waals surface area contributed by atoms with Gasteiger partial charge in [0.25, 0.3) is 11.5 Å². The highest BCUT2D eigenvalue weighted by molar-refractivity contribution is 5.98. The predicted molar refractivity (Wildman–Crippen MR) is 111 cm³/mol. The van der Waals surface area contributed by atoms with Crippen molar-refractivity contribution < 1.29 is 4.79 Å². The fraction of sp³-hybridized carbons (Fsp3) is 0.348. The maximum Gasteiger partial charge on any atom is 0.261 e. The lowest BCUT2D eigenvalue weighted by atomic mass is 9.78. The average Bonchev–Trinajstić information content (AvgIpc) is 2.64. The van der Waals surface area contributed by atoms with E-state index >= 15 is 0 Å². The Hall–Kier alpha value is -2.95. The van der Waals surface area contributed by atoms with Crippen LogP contribution in [-0.2, 0) is 19.0 Å². The Balaban J connectivity index is 1.75. The molecule has 5 heteroatoms. The van der Waals surface area contributed by atoms with Crippen LogP contribution in [-0.4, -0.2) is 26.9 Å². The minimum Gasteiger partial charge on any atom is -0.333 e. The Bertz CT molecular complexity index is 1170. The fourth-order valence-electron chi connectivity index (χ4n) is 4.18. The van der Waals surface area contributed by atoms with Crippen LogP contribution in [0.4, 0.5) is 0 Å². The molecule has 0 spiro atoms. The van der Waals surface area contributed by atoms with Gasteiger partial charge in [-0.05, 0) is 43.2 Å². The minimum absolute atomic E-state index is 0.0511. The van der Waals surface area contributed by atoms with Crippen molar-refractivity contribution in [1.82, 2.24) is 14.5 Å². The number of rotatable bonds is 1. The number of amides is 1. The zero-order valence-electron chi connectivity index (χ0n) is 17.0.